The summed E-state index contributed by atoms with van der Waals surface area (Å²) in [7, 11) is 0. The molecule has 0 spiro atoms. The Morgan fingerprint density at radius 1 is 0.861 bits per heavy atom. The lowest BCUT2D eigenvalue weighted by Crippen LogP contribution is -2.58. The SMILES string of the molecule is NCCCCC(NC(=O)C(CO)NC(=O)C(N)CC(N)=O)C(=O)NC(Cc1ccc(O)cc1)C(=O)O. The number of primary amides is 1. The Morgan fingerprint density at radius 3 is 1.94 bits per heavy atom. The van der Waals surface area contributed by atoms with Gasteiger partial charge < -0.3 is 48.5 Å². The number of phenolic OH excluding ortho intramolecular Hbond substituents is 1. The molecule has 0 saturated heterocycles. The Hall–Kier alpha value is -3.75. The number of phenols is 1. The quantitative estimate of drug-likeness (QED) is 0.101. The number of aromatic hydroxyl groups is 1. The van der Waals surface area contributed by atoms with Crippen LogP contribution in [-0.2, 0) is 30.4 Å². The highest BCUT2D eigenvalue weighted by Gasteiger charge is 2.30. The number of aliphatic carboxylic acids is 1. The lowest BCUT2D eigenvalue weighted by molar-refractivity contribution is -0.142. The predicted molar refractivity (Wildman–Crippen MR) is 127 cm³/mol. The number of aliphatic hydroxyl groups excluding tert-OH is 1. The fourth-order valence-corrected chi connectivity index (χ4v) is 3.16. The highest BCUT2D eigenvalue weighted by Crippen LogP contribution is 2.12. The van der Waals surface area contributed by atoms with E-state index in [0.29, 0.717) is 24.9 Å². The molecule has 0 aliphatic heterocycles. The van der Waals surface area contributed by atoms with Crippen LogP contribution in [0.4, 0.5) is 0 Å². The zero-order valence-electron chi connectivity index (χ0n) is 19.7. The molecule has 4 unspecified atom stereocenters. The first-order chi connectivity index (χ1) is 17.0. The summed E-state index contributed by atoms with van der Waals surface area (Å²) in [5, 5.41) is 35.5. The average molecular weight is 511 g/mol. The first-order valence-electron chi connectivity index (χ1n) is 11.2. The van der Waals surface area contributed by atoms with Crippen LogP contribution in [0.25, 0.3) is 0 Å². The van der Waals surface area contributed by atoms with Crippen LogP contribution >= 0.6 is 0 Å². The number of aliphatic hydroxyl groups is 1. The third-order valence-corrected chi connectivity index (χ3v) is 5.14. The number of carbonyl (C=O) groups excluding carboxylic acids is 4. The van der Waals surface area contributed by atoms with Crippen molar-refractivity contribution in [2.24, 2.45) is 17.2 Å². The molecular formula is C22H34N6O8. The minimum Gasteiger partial charge on any atom is -0.508 e. The molecule has 0 aliphatic carbocycles. The molecule has 0 heterocycles. The van der Waals surface area contributed by atoms with E-state index in [1.807, 2.05) is 0 Å². The lowest BCUT2D eigenvalue weighted by Gasteiger charge is -2.24. The van der Waals surface area contributed by atoms with Crippen molar-refractivity contribution in [1.82, 2.24) is 16.0 Å². The summed E-state index contributed by atoms with van der Waals surface area (Å²) >= 11 is 0. The molecule has 14 heteroatoms. The zero-order chi connectivity index (χ0) is 27.3. The lowest BCUT2D eigenvalue weighted by atomic mass is 10.0. The second-order valence-electron chi connectivity index (χ2n) is 8.14. The molecule has 4 atom stereocenters. The van der Waals surface area contributed by atoms with Crippen molar-refractivity contribution in [3.63, 3.8) is 0 Å². The summed E-state index contributed by atoms with van der Waals surface area (Å²) in [5.74, 6) is -4.77. The van der Waals surface area contributed by atoms with Crippen molar-refractivity contribution in [2.75, 3.05) is 13.2 Å². The number of nitrogens with two attached hydrogens (primary N) is 3. The Bertz CT molecular complexity index is 910. The van der Waals surface area contributed by atoms with E-state index in [4.69, 9.17) is 17.2 Å². The van der Waals surface area contributed by atoms with E-state index >= 15 is 0 Å². The van der Waals surface area contributed by atoms with Crippen molar-refractivity contribution in [3.8, 4) is 5.75 Å². The minimum absolute atomic E-state index is 0.00143. The summed E-state index contributed by atoms with van der Waals surface area (Å²) in [6.45, 7) is -0.509. The van der Waals surface area contributed by atoms with Crippen molar-refractivity contribution < 1.29 is 39.3 Å². The van der Waals surface area contributed by atoms with E-state index in [1.165, 1.54) is 24.3 Å². The number of benzene rings is 1. The van der Waals surface area contributed by atoms with Gasteiger partial charge in [-0.3, -0.25) is 19.2 Å². The topological polar surface area (TPSA) is 260 Å². The molecule has 36 heavy (non-hydrogen) atoms. The highest BCUT2D eigenvalue weighted by molar-refractivity contribution is 5.95. The second-order valence-corrected chi connectivity index (χ2v) is 8.14. The van der Waals surface area contributed by atoms with Crippen molar-refractivity contribution in [3.05, 3.63) is 29.8 Å². The van der Waals surface area contributed by atoms with Gasteiger partial charge in [0, 0.05) is 6.42 Å². The van der Waals surface area contributed by atoms with Crippen molar-refractivity contribution in [1.29, 1.82) is 0 Å². The van der Waals surface area contributed by atoms with Crippen LogP contribution in [0.15, 0.2) is 24.3 Å². The Labute approximate surface area is 207 Å². The van der Waals surface area contributed by atoms with Crippen LogP contribution in [0.3, 0.4) is 0 Å². The van der Waals surface area contributed by atoms with Gasteiger partial charge in [0.2, 0.25) is 23.6 Å². The monoisotopic (exact) mass is 510 g/mol. The molecule has 0 aliphatic rings. The van der Waals surface area contributed by atoms with Gasteiger partial charge in [0.1, 0.15) is 23.9 Å². The summed E-state index contributed by atoms with van der Waals surface area (Å²) in [5.41, 5.74) is 16.6. The summed E-state index contributed by atoms with van der Waals surface area (Å²) < 4.78 is 0. The van der Waals surface area contributed by atoms with Gasteiger partial charge in [-0.2, -0.15) is 0 Å². The molecule has 12 N–H and O–H groups in total. The van der Waals surface area contributed by atoms with E-state index in [0.717, 1.165) is 0 Å². The Morgan fingerprint density at radius 2 is 1.42 bits per heavy atom. The molecule has 0 saturated carbocycles. The number of unbranched alkanes of at least 4 members (excludes halogenated alkanes) is 1. The largest absolute Gasteiger partial charge is 0.508 e. The number of carboxylic acid groups (broad SMARTS) is 1. The molecule has 0 fully saturated rings. The van der Waals surface area contributed by atoms with Gasteiger partial charge in [-0.15, -0.1) is 0 Å². The Kier molecular flexibility index (Phi) is 12.9. The van der Waals surface area contributed by atoms with Gasteiger partial charge in [-0.05, 0) is 43.5 Å². The molecule has 0 aromatic heterocycles. The van der Waals surface area contributed by atoms with E-state index < -0.39 is 66.8 Å². The highest BCUT2D eigenvalue weighted by atomic mass is 16.4. The zero-order valence-corrected chi connectivity index (χ0v) is 19.7. The van der Waals surface area contributed by atoms with Gasteiger partial charge in [0.15, 0.2) is 0 Å². The third-order valence-electron chi connectivity index (χ3n) is 5.14. The van der Waals surface area contributed by atoms with E-state index in [2.05, 4.69) is 16.0 Å². The molecule has 1 rings (SSSR count). The maximum absolute atomic E-state index is 12.9. The molecule has 1 aromatic carbocycles. The normalized spacial score (nSPS) is 14.1. The van der Waals surface area contributed by atoms with Crippen LogP contribution in [0.1, 0.15) is 31.2 Å². The first kappa shape index (κ1) is 30.3. The molecular weight excluding hydrogens is 476 g/mol. The van der Waals surface area contributed by atoms with Gasteiger partial charge in [-0.25, -0.2) is 4.79 Å². The maximum atomic E-state index is 12.9. The number of rotatable bonds is 16. The van der Waals surface area contributed by atoms with E-state index in [9.17, 15) is 39.3 Å². The smallest absolute Gasteiger partial charge is 0.326 e. The van der Waals surface area contributed by atoms with Gasteiger partial charge in [-0.1, -0.05) is 12.1 Å². The molecule has 200 valence electrons. The van der Waals surface area contributed by atoms with Gasteiger partial charge >= 0.3 is 5.97 Å². The second kappa shape index (κ2) is 15.3. The Balaban J connectivity index is 2.92. The minimum atomic E-state index is -1.49. The summed E-state index contributed by atoms with van der Waals surface area (Å²) in [6, 6.07) is 0.407. The molecule has 1 aromatic rings. The number of carboxylic acids is 1. The van der Waals surface area contributed by atoms with E-state index in [-0.39, 0.29) is 18.6 Å². The predicted octanol–water partition coefficient (Wildman–Crippen LogP) is -3.20. The maximum Gasteiger partial charge on any atom is 0.326 e. The van der Waals surface area contributed by atoms with Gasteiger partial charge in [0.25, 0.3) is 0 Å². The number of hydrogen-bond acceptors (Lipinski definition) is 9. The number of hydrogen-bond donors (Lipinski definition) is 9. The fourth-order valence-electron chi connectivity index (χ4n) is 3.16. The molecule has 0 radical (unpaired) electrons. The van der Waals surface area contributed by atoms with Crippen LogP contribution in [0, 0.1) is 0 Å². The van der Waals surface area contributed by atoms with Crippen molar-refractivity contribution >= 4 is 29.6 Å². The number of nitrogens with one attached hydrogen (secondary N) is 3. The average Bonchev–Trinajstić information content (AvgIpc) is 2.81. The van der Waals surface area contributed by atoms with Crippen LogP contribution in [0.5, 0.6) is 5.75 Å². The number of carbonyl (C=O) groups is 5. The number of amides is 4. The molecule has 4 amide bonds. The van der Waals surface area contributed by atoms with Gasteiger partial charge in [0.05, 0.1) is 19.1 Å². The van der Waals surface area contributed by atoms with Crippen LogP contribution in [0.2, 0.25) is 0 Å². The summed E-state index contributed by atoms with van der Waals surface area (Å²) in [6.07, 6.45) is 0.487. The standard InChI is InChI=1S/C22H34N6O8/c23-8-2-1-3-15(26-21(34)17(11-29)28-19(32)14(24)10-18(25)31)20(33)27-16(22(35)36)9-12-4-6-13(30)7-5-12/h4-7,14-17,29-30H,1-3,8-11,23-24H2,(H2,25,31)(H,26,34)(H,27,33)(H,28,32)(H,35,36). The first-order valence-corrected chi connectivity index (χ1v) is 11.2. The molecule has 0 bridgehead atoms. The van der Waals surface area contributed by atoms with Crippen LogP contribution < -0.4 is 33.2 Å². The van der Waals surface area contributed by atoms with Crippen LogP contribution in [-0.4, -0.2) is 82.2 Å². The summed E-state index contributed by atoms with van der Waals surface area (Å²) in [4.78, 5) is 60.4. The van der Waals surface area contributed by atoms with Crippen molar-refractivity contribution in [2.45, 2.75) is 56.3 Å². The molecule has 14 nitrogen and oxygen atoms in total. The fraction of sp³-hybridized carbons (Fsp3) is 0.500. The third kappa shape index (κ3) is 10.7. The van der Waals surface area contributed by atoms with E-state index in [1.54, 1.807) is 0 Å².